The van der Waals surface area contributed by atoms with E-state index in [9.17, 15) is 4.39 Å². The average Bonchev–Trinajstić information content (AvgIpc) is 2.32. The van der Waals surface area contributed by atoms with Crippen LogP contribution in [0.4, 0.5) is 10.2 Å². The van der Waals surface area contributed by atoms with Crippen LogP contribution in [0.2, 0.25) is 0 Å². The summed E-state index contributed by atoms with van der Waals surface area (Å²) in [5, 5.41) is 0.895. The maximum absolute atomic E-state index is 13.5. The molecule has 0 atom stereocenters. The van der Waals surface area contributed by atoms with Crippen molar-refractivity contribution in [3.8, 4) is 0 Å². The van der Waals surface area contributed by atoms with E-state index in [-0.39, 0.29) is 5.82 Å². The molecule has 0 radical (unpaired) electrons. The number of nitrogens with two attached hydrogens (primary N) is 1. The van der Waals surface area contributed by atoms with E-state index in [1.54, 1.807) is 12.1 Å². The summed E-state index contributed by atoms with van der Waals surface area (Å²) in [7, 11) is 0. The predicted molar refractivity (Wildman–Crippen MR) is 71.6 cm³/mol. The van der Waals surface area contributed by atoms with Gasteiger partial charge in [-0.3, -0.25) is 0 Å². The van der Waals surface area contributed by atoms with Crippen molar-refractivity contribution in [2.75, 3.05) is 5.73 Å². The molecular weight excluding hydrogens is 215 g/mol. The number of hydrogen-bond acceptors (Lipinski definition) is 2. The highest BCUT2D eigenvalue weighted by molar-refractivity contribution is 5.87. The van der Waals surface area contributed by atoms with Crippen molar-refractivity contribution in [2.24, 2.45) is 0 Å². The monoisotopic (exact) mass is 234 g/mol. The largest absolute Gasteiger partial charge is 0.384 e. The number of benzene rings is 1. The fourth-order valence-electron chi connectivity index (χ4n) is 1.95. The fourth-order valence-corrected chi connectivity index (χ4v) is 1.95. The number of nitrogens with zero attached hydrogens (tertiary/aromatic N) is 1. The number of hydrogen-bond donors (Lipinski definition) is 1. The molecule has 0 amide bonds. The molecule has 92 valence electrons. The van der Waals surface area contributed by atoms with Gasteiger partial charge in [-0.15, -0.1) is 0 Å². The van der Waals surface area contributed by atoms with Gasteiger partial charge in [0.2, 0.25) is 0 Å². The maximum Gasteiger partial charge on any atom is 0.127 e. The molecule has 1 aromatic heterocycles. The SMILES string of the molecule is CC.CCc1c(F)ccc2nc(N)cc(C)c12. The first-order valence-corrected chi connectivity index (χ1v) is 5.97. The van der Waals surface area contributed by atoms with Crippen LogP contribution in [0.3, 0.4) is 0 Å². The highest BCUT2D eigenvalue weighted by atomic mass is 19.1. The highest BCUT2D eigenvalue weighted by Crippen LogP contribution is 2.25. The van der Waals surface area contributed by atoms with Crippen LogP contribution in [0.25, 0.3) is 10.9 Å². The Bertz CT molecular complexity index is 521. The first-order chi connectivity index (χ1) is 8.13. The predicted octanol–water partition coefficient (Wildman–Crippen LogP) is 3.85. The van der Waals surface area contributed by atoms with E-state index in [0.29, 0.717) is 12.2 Å². The molecule has 0 spiro atoms. The van der Waals surface area contributed by atoms with Gasteiger partial charge in [0.1, 0.15) is 11.6 Å². The first kappa shape index (κ1) is 13.4. The van der Waals surface area contributed by atoms with Gasteiger partial charge in [-0.1, -0.05) is 20.8 Å². The Balaban J connectivity index is 0.000000686. The zero-order valence-corrected chi connectivity index (χ0v) is 10.8. The van der Waals surface area contributed by atoms with Crippen LogP contribution in [-0.4, -0.2) is 4.98 Å². The van der Waals surface area contributed by atoms with Crippen molar-refractivity contribution in [3.05, 3.63) is 35.1 Å². The zero-order chi connectivity index (χ0) is 13.0. The molecule has 0 fully saturated rings. The van der Waals surface area contributed by atoms with Gasteiger partial charge in [-0.25, -0.2) is 9.37 Å². The van der Waals surface area contributed by atoms with Gasteiger partial charge < -0.3 is 5.73 Å². The lowest BCUT2D eigenvalue weighted by Gasteiger charge is -2.09. The lowest BCUT2D eigenvalue weighted by molar-refractivity contribution is 0.615. The number of halogens is 1. The molecule has 0 bridgehead atoms. The minimum absolute atomic E-state index is 0.167. The maximum atomic E-state index is 13.5. The third-order valence-electron chi connectivity index (χ3n) is 2.60. The normalized spacial score (nSPS) is 9.94. The summed E-state index contributed by atoms with van der Waals surface area (Å²) in [5.41, 5.74) is 8.12. The number of pyridine rings is 1. The summed E-state index contributed by atoms with van der Waals surface area (Å²) >= 11 is 0. The third kappa shape index (κ3) is 2.54. The second kappa shape index (κ2) is 5.62. The number of rotatable bonds is 1. The van der Waals surface area contributed by atoms with Crippen LogP contribution in [0.5, 0.6) is 0 Å². The summed E-state index contributed by atoms with van der Waals surface area (Å²) in [4.78, 5) is 4.20. The summed E-state index contributed by atoms with van der Waals surface area (Å²) in [6.45, 7) is 7.87. The summed E-state index contributed by atoms with van der Waals surface area (Å²) < 4.78 is 13.5. The molecule has 0 aliphatic carbocycles. The van der Waals surface area contributed by atoms with Gasteiger partial charge in [-0.05, 0) is 42.7 Å². The van der Waals surface area contributed by atoms with E-state index in [2.05, 4.69) is 4.98 Å². The molecule has 0 saturated heterocycles. The number of anilines is 1. The van der Waals surface area contributed by atoms with Gasteiger partial charge in [-0.2, -0.15) is 0 Å². The van der Waals surface area contributed by atoms with Gasteiger partial charge in [0.15, 0.2) is 0 Å². The second-order valence-electron chi connectivity index (χ2n) is 3.64. The molecule has 0 saturated carbocycles. The van der Waals surface area contributed by atoms with E-state index >= 15 is 0 Å². The van der Waals surface area contributed by atoms with E-state index in [0.717, 1.165) is 22.0 Å². The van der Waals surface area contributed by atoms with Crippen LogP contribution in [0, 0.1) is 12.7 Å². The van der Waals surface area contributed by atoms with Crippen molar-refractivity contribution in [3.63, 3.8) is 0 Å². The van der Waals surface area contributed by atoms with Crippen LogP contribution in [-0.2, 0) is 6.42 Å². The van der Waals surface area contributed by atoms with Crippen molar-refractivity contribution in [2.45, 2.75) is 34.1 Å². The Kier molecular flexibility index (Phi) is 4.44. The number of aromatic nitrogens is 1. The Morgan fingerprint density at radius 1 is 1.29 bits per heavy atom. The molecule has 2 aromatic rings. The molecule has 3 heteroatoms. The van der Waals surface area contributed by atoms with Crippen LogP contribution in [0.1, 0.15) is 31.9 Å². The van der Waals surface area contributed by atoms with E-state index in [4.69, 9.17) is 5.73 Å². The van der Waals surface area contributed by atoms with Gasteiger partial charge in [0.25, 0.3) is 0 Å². The average molecular weight is 234 g/mol. The Labute approximate surface area is 102 Å². The fraction of sp³-hybridized carbons (Fsp3) is 0.357. The summed E-state index contributed by atoms with van der Waals surface area (Å²) in [5.74, 6) is 0.313. The Morgan fingerprint density at radius 2 is 1.94 bits per heavy atom. The number of fused-ring (bicyclic) bond motifs is 1. The van der Waals surface area contributed by atoms with Gasteiger partial charge in [0, 0.05) is 5.39 Å². The van der Waals surface area contributed by atoms with Crippen molar-refractivity contribution in [1.82, 2.24) is 4.98 Å². The Hall–Kier alpha value is -1.64. The van der Waals surface area contributed by atoms with E-state index < -0.39 is 0 Å². The van der Waals surface area contributed by atoms with Crippen LogP contribution >= 0.6 is 0 Å². The zero-order valence-electron chi connectivity index (χ0n) is 10.8. The smallest absolute Gasteiger partial charge is 0.127 e. The molecule has 1 heterocycles. The lowest BCUT2D eigenvalue weighted by atomic mass is 10.0. The molecule has 17 heavy (non-hydrogen) atoms. The molecular formula is C14H19FN2. The molecule has 2 rings (SSSR count). The number of nitrogen functional groups attached to an aromatic ring is 1. The molecule has 0 aliphatic rings. The minimum atomic E-state index is -0.167. The standard InChI is InChI=1S/C12H13FN2.C2H6/c1-3-8-9(13)4-5-10-12(8)7(2)6-11(14)15-10;1-2/h4-6H,3H2,1-2H3,(H2,14,15);1-2H3. The molecule has 1 aromatic carbocycles. The molecule has 0 unspecified atom stereocenters. The third-order valence-corrected chi connectivity index (χ3v) is 2.60. The summed E-state index contributed by atoms with van der Waals surface area (Å²) in [6.07, 6.45) is 0.662. The lowest BCUT2D eigenvalue weighted by Crippen LogP contribution is -1.97. The number of aryl methyl sites for hydroxylation is 2. The molecule has 2 N–H and O–H groups in total. The first-order valence-electron chi connectivity index (χ1n) is 5.97. The molecule has 2 nitrogen and oxygen atoms in total. The second-order valence-corrected chi connectivity index (χ2v) is 3.64. The van der Waals surface area contributed by atoms with Crippen molar-refractivity contribution >= 4 is 16.7 Å². The molecule has 0 aliphatic heterocycles. The van der Waals surface area contributed by atoms with Crippen LogP contribution in [0.15, 0.2) is 18.2 Å². The van der Waals surface area contributed by atoms with Crippen molar-refractivity contribution < 1.29 is 4.39 Å². The van der Waals surface area contributed by atoms with E-state index in [1.807, 2.05) is 27.7 Å². The van der Waals surface area contributed by atoms with Gasteiger partial charge in [0.05, 0.1) is 5.52 Å². The Morgan fingerprint density at radius 3 is 2.53 bits per heavy atom. The van der Waals surface area contributed by atoms with Crippen molar-refractivity contribution in [1.29, 1.82) is 0 Å². The summed E-state index contributed by atoms with van der Waals surface area (Å²) in [6, 6.07) is 4.90. The quantitative estimate of drug-likeness (QED) is 0.813. The highest BCUT2D eigenvalue weighted by Gasteiger charge is 2.09. The topological polar surface area (TPSA) is 38.9 Å². The minimum Gasteiger partial charge on any atom is -0.384 e. The van der Waals surface area contributed by atoms with Crippen LogP contribution < -0.4 is 5.73 Å². The van der Waals surface area contributed by atoms with E-state index in [1.165, 1.54) is 6.07 Å². The van der Waals surface area contributed by atoms with Gasteiger partial charge >= 0.3 is 0 Å².